The minimum atomic E-state index is -0.661. The van der Waals surface area contributed by atoms with Crippen LogP contribution in [0, 0.1) is 5.82 Å². The van der Waals surface area contributed by atoms with Crippen LogP contribution in [0.25, 0.3) is 0 Å². The zero-order valence-corrected chi connectivity index (χ0v) is 16.9. The number of hydrogen-bond donors (Lipinski definition) is 2. The van der Waals surface area contributed by atoms with Crippen molar-refractivity contribution in [1.29, 1.82) is 0 Å². The van der Waals surface area contributed by atoms with Crippen molar-refractivity contribution < 1.29 is 18.7 Å². The molecule has 0 saturated carbocycles. The highest BCUT2D eigenvalue weighted by Crippen LogP contribution is 2.41. The second-order valence-electron chi connectivity index (χ2n) is 7.96. The van der Waals surface area contributed by atoms with Crippen LogP contribution in [0.5, 0.6) is 6.01 Å². The minimum absolute atomic E-state index is 0.0544. The first kappa shape index (κ1) is 19.8. The highest BCUT2D eigenvalue weighted by molar-refractivity contribution is 5.72. The first-order chi connectivity index (χ1) is 13.0. The molecule has 0 fully saturated rings. The van der Waals surface area contributed by atoms with Crippen molar-refractivity contribution >= 4 is 17.7 Å². The number of nitrogens with zero attached hydrogens (tertiary/aromatic N) is 4. The van der Waals surface area contributed by atoms with Crippen molar-refractivity contribution in [2.24, 2.45) is 0 Å². The Morgan fingerprint density at radius 2 is 2.11 bits per heavy atom. The van der Waals surface area contributed by atoms with Gasteiger partial charge in [-0.25, -0.2) is 14.2 Å². The number of ether oxygens (including phenoxy) is 2. The lowest BCUT2D eigenvalue weighted by Crippen LogP contribution is -2.43. The summed E-state index contributed by atoms with van der Waals surface area (Å²) in [6, 6.07) is 0.0642. The normalized spacial score (nSPS) is 15.3. The third kappa shape index (κ3) is 3.71. The van der Waals surface area contributed by atoms with E-state index in [4.69, 9.17) is 9.47 Å². The van der Waals surface area contributed by atoms with Gasteiger partial charge in [-0.05, 0) is 41.5 Å². The maximum absolute atomic E-state index is 14.1. The summed E-state index contributed by atoms with van der Waals surface area (Å²) in [4.78, 5) is 22.0. The summed E-state index contributed by atoms with van der Waals surface area (Å²) in [5.74, 6) is -0.308. The zero-order chi connectivity index (χ0) is 20.7. The van der Waals surface area contributed by atoms with Gasteiger partial charge in [0.15, 0.2) is 17.5 Å². The Kier molecular flexibility index (Phi) is 4.90. The second-order valence-corrected chi connectivity index (χ2v) is 7.96. The number of fused-ring (bicyclic) bond motifs is 1. The molecule has 0 bridgehead atoms. The lowest BCUT2D eigenvalue weighted by atomic mass is 10.0. The Balaban J connectivity index is 1.87. The summed E-state index contributed by atoms with van der Waals surface area (Å²) < 4.78 is 24.9. The minimum Gasteiger partial charge on any atom is -0.464 e. The highest BCUT2D eigenvalue weighted by Gasteiger charge is 2.45. The first-order valence-electron chi connectivity index (χ1n) is 9.03. The van der Waals surface area contributed by atoms with E-state index in [9.17, 15) is 9.18 Å². The van der Waals surface area contributed by atoms with E-state index in [-0.39, 0.29) is 18.4 Å². The van der Waals surface area contributed by atoms with E-state index in [1.807, 2.05) is 34.6 Å². The van der Waals surface area contributed by atoms with Gasteiger partial charge in [-0.3, -0.25) is 10.00 Å². The zero-order valence-electron chi connectivity index (χ0n) is 16.9. The molecular formula is C18H25FN6O3. The Morgan fingerprint density at radius 1 is 1.39 bits per heavy atom. The fourth-order valence-corrected chi connectivity index (χ4v) is 2.98. The third-order valence-corrected chi connectivity index (χ3v) is 4.32. The fraction of sp³-hybridized carbons (Fsp3) is 0.556. The van der Waals surface area contributed by atoms with Gasteiger partial charge < -0.3 is 14.8 Å². The molecule has 28 heavy (non-hydrogen) atoms. The number of hydrogen-bond acceptors (Lipinski definition) is 7. The number of anilines is 2. The lowest BCUT2D eigenvalue weighted by molar-refractivity contribution is 0.00451. The first-order valence-corrected chi connectivity index (χ1v) is 9.03. The summed E-state index contributed by atoms with van der Waals surface area (Å²) in [6.45, 7) is 11.6. The molecule has 0 aliphatic carbocycles. The van der Waals surface area contributed by atoms with Gasteiger partial charge in [-0.2, -0.15) is 10.1 Å². The molecule has 1 aliphatic rings. The van der Waals surface area contributed by atoms with Gasteiger partial charge in [0.25, 0.3) is 0 Å². The molecule has 2 N–H and O–H groups in total. The highest BCUT2D eigenvalue weighted by atomic mass is 19.1. The second kappa shape index (κ2) is 6.92. The Labute approximate surface area is 162 Å². The van der Waals surface area contributed by atoms with Crippen molar-refractivity contribution in [1.82, 2.24) is 25.1 Å². The van der Waals surface area contributed by atoms with Gasteiger partial charge in [0.05, 0.1) is 30.6 Å². The van der Waals surface area contributed by atoms with Crippen LogP contribution in [-0.2, 0) is 16.8 Å². The van der Waals surface area contributed by atoms with Crippen molar-refractivity contribution in [3.8, 4) is 6.01 Å². The number of carbonyl (C=O) groups is 1. The maximum Gasteiger partial charge on any atom is 0.411 e. The average Bonchev–Trinajstić information content (AvgIpc) is 3.08. The number of nitrogens with one attached hydrogen (secondary N) is 2. The van der Waals surface area contributed by atoms with Gasteiger partial charge in [0.2, 0.25) is 0 Å². The molecule has 0 atom stereocenters. The molecule has 0 radical (unpaired) electrons. The van der Waals surface area contributed by atoms with E-state index in [0.717, 1.165) is 17.5 Å². The molecule has 1 amide bonds. The molecule has 0 aromatic carbocycles. The molecule has 2 aromatic heterocycles. The summed E-state index contributed by atoms with van der Waals surface area (Å²) in [6.07, 6.45) is 0.601. The molecule has 152 valence electrons. The van der Waals surface area contributed by atoms with E-state index in [2.05, 4.69) is 25.5 Å². The van der Waals surface area contributed by atoms with Crippen LogP contribution in [0.4, 0.5) is 20.8 Å². The van der Waals surface area contributed by atoms with E-state index in [1.54, 1.807) is 11.8 Å². The monoisotopic (exact) mass is 392 g/mol. The van der Waals surface area contributed by atoms with Gasteiger partial charge in [-0.15, -0.1) is 0 Å². The number of aromatic nitrogens is 4. The van der Waals surface area contributed by atoms with E-state index >= 15 is 0 Å². The van der Waals surface area contributed by atoms with E-state index < -0.39 is 23.1 Å². The standard InChI is InChI=1S/C18H25FN6O3/c1-7-27-15-20-8-11(19)14(22-15)21-13-10-9-25(16(26)28-17(2,3)4)18(5,6)12(10)23-24-13/h8H,7,9H2,1-6H3,(H2,20,21,22,23,24). The molecule has 2 aromatic rings. The van der Waals surface area contributed by atoms with Crippen LogP contribution in [0.3, 0.4) is 0 Å². The lowest BCUT2D eigenvalue weighted by Gasteiger charge is -2.33. The fourth-order valence-electron chi connectivity index (χ4n) is 2.98. The van der Waals surface area contributed by atoms with Crippen molar-refractivity contribution in [2.75, 3.05) is 11.9 Å². The largest absolute Gasteiger partial charge is 0.464 e. The predicted octanol–water partition coefficient (Wildman–Crippen LogP) is 3.47. The molecular weight excluding hydrogens is 367 g/mol. The van der Waals surface area contributed by atoms with Crippen molar-refractivity contribution in [3.05, 3.63) is 23.3 Å². The molecule has 0 unspecified atom stereocenters. The molecule has 0 spiro atoms. The van der Waals surface area contributed by atoms with Gasteiger partial charge in [-0.1, -0.05) is 0 Å². The van der Waals surface area contributed by atoms with Crippen LogP contribution >= 0.6 is 0 Å². The summed E-state index contributed by atoms with van der Waals surface area (Å²) >= 11 is 0. The van der Waals surface area contributed by atoms with Crippen LogP contribution in [0.15, 0.2) is 6.20 Å². The van der Waals surface area contributed by atoms with E-state index in [0.29, 0.717) is 12.4 Å². The Hall–Kier alpha value is -2.91. The molecule has 0 saturated heterocycles. The summed E-state index contributed by atoms with van der Waals surface area (Å²) in [5.41, 5.74) is 0.223. The molecule has 3 rings (SSSR count). The van der Waals surface area contributed by atoms with Gasteiger partial charge in [0, 0.05) is 5.56 Å². The number of halogens is 1. The Morgan fingerprint density at radius 3 is 2.75 bits per heavy atom. The molecule has 1 aliphatic heterocycles. The van der Waals surface area contributed by atoms with Crippen LogP contribution in [0.1, 0.15) is 52.8 Å². The third-order valence-electron chi connectivity index (χ3n) is 4.32. The average molecular weight is 392 g/mol. The van der Waals surface area contributed by atoms with Crippen LogP contribution < -0.4 is 10.1 Å². The number of H-pyrrole nitrogens is 1. The summed E-state index contributed by atoms with van der Waals surface area (Å²) in [5, 5.41) is 10.0. The van der Waals surface area contributed by atoms with Crippen molar-refractivity contribution in [3.63, 3.8) is 0 Å². The Bertz CT molecular complexity index is 890. The quantitative estimate of drug-likeness (QED) is 0.821. The SMILES string of the molecule is CCOc1ncc(F)c(Nc2n[nH]c3c2CN(C(=O)OC(C)(C)C)C3(C)C)n1. The van der Waals surface area contributed by atoms with Crippen LogP contribution in [-0.4, -0.2) is 43.4 Å². The number of rotatable bonds is 4. The maximum atomic E-state index is 14.1. The topological polar surface area (TPSA) is 105 Å². The van der Waals surface area contributed by atoms with Crippen molar-refractivity contribution in [2.45, 2.75) is 59.2 Å². The number of aromatic amines is 1. The van der Waals surface area contributed by atoms with E-state index in [1.165, 1.54) is 0 Å². The summed E-state index contributed by atoms with van der Waals surface area (Å²) in [7, 11) is 0. The smallest absolute Gasteiger partial charge is 0.411 e. The molecule has 9 nitrogen and oxygen atoms in total. The predicted molar refractivity (Wildman–Crippen MR) is 99.8 cm³/mol. The molecule has 10 heteroatoms. The number of carbonyl (C=O) groups excluding carboxylic acids is 1. The van der Waals surface area contributed by atoms with Gasteiger partial charge >= 0.3 is 12.1 Å². The number of amides is 1. The van der Waals surface area contributed by atoms with Gasteiger partial charge in [0.1, 0.15) is 5.60 Å². The molecule has 3 heterocycles. The van der Waals surface area contributed by atoms with Crippen LogP contribution in [0.2, 0.25) is 0 Å².